The molecular weight excluding hydrogens is 398 g/mol. The van der Waals surface area contributed by atoms with Crippen molar-refractivity contribution in [1.82, 2.24) is 9.55 Å². The van der Waals surface area contributed by atoms with Gasteiger partial charge in [-0.3, -0.25) is 9.59 Å². The fourth-order valence-electron chi connectivity index (χ4n) is 3.56. The van der Waals surface area contributed by atoms with Gasteiger partial charge in [-0.25, -0.2) is 9.78 Å². The standard InChI is InChI=1S/C19H19N3O4S2/c1-9-12-16(20-8-22(2)18(12)24)28-14(9)15(23)21-17-13(19(25)26-3)10-6-4-5-7-11(10)27-17/h8H,4-7H2,1-3H3,(H,21,23). The van der Waals surface area contributed by atoms with E-state index in [1.54, 1.807) is 14.0 Å². The number of hydrogen-bond acceptors (Lipinski definition) is 7. The second kappa shape index (κ2) is 7.14. The fourth-order valence-corrected chi connectivity index (χ4v) is 5.86. The van der Waals surface area contributed by atoms with Crippen LogP contribution in [0.2, 0.25) is 0 Å². The quantitative estimate of drug-likeness (QED) is 0.661. The lowest BCUT2D eigenvalue weighted by Crippen LogP contribution is -2.17. The Bertz CT molecular complexity index is 1170. The van der Waals surface area contributed by atoms with E-state index in [-0.39, 0.29) is 11.5 Å². The highest BCUT2D eigenvalue weighted by molar-refractivity contribution is 7.21. The molecule has 1 N–H and O–H groups in total. The van der Waals surface area contributed by atoms with E-state index in [9.17, 15) is 14.4 Å². The summed E-state index contributed by atoms with van der Waals surface area (Å²) in [5, 5.41) is 3.86. The van der Waals surface area contributed by atoms with Crippen molar-refractivity contribution in [2.24, 2.45) is 7.05 Å². The number of carbonyl (C=O) groups excluding carboxylic acids is 2. The van der Waals surface area contributed by atoms with Gasteiger partial charge in [-0.05, 0) is 43.7 Å². The number of hydrogen-bond donors (Lipinski definition) is 1. The summed E-state index contributed by atoms with van der Waals surface area (Å²) in [5.74, 6) is -0.774. The molecule has 0 saturated carbocycles. The monoisotopic (exact) mass is 417 g/mol. The first-order valence-electron chi connectivity index (χ1n) is 8.91. The zero-order chi connectivity index (χ0) is 20.0. The van der Waals surface area contributed by atoms with E-state index in [4.69, 9.17) is 4.74 Å². The Morgan fingerprint density at radius 1 is 1.25 bits per heavy atom. The van der Waals surface area contributed by atoms with Crippen molar-refractivity contribution >= 4 is 49.8 Å². The zero-order valence-electron chi connectivity index (χ0n) is 15.7. The third kappa shape index (κ3) is 2.94. The van der Waals surface area contributed by atoms with Crippen molar-refractivity contribution in [2.45, 2.75) is 32.6 Å². The first-order valence-corrected chi connectivity index (χ1v) is 10.5. The molecule has 0 radical (unpaired) electrons. The van der Waals surface area contributed by atoms with Gasteiger partial charge in [0.05, 0.1) is 29.3 Å². The molecule has 0 fully saturated rings. The lowest BCUT2D eigenvalue weighted by Gasteiger charge is -2.11. The average molecular weight is 418 g/mol. The molecule has 1 amide bonds. The Morgan fingerprint density at radius 2 is 2.00 bits per heavy atom. The van der Waals surface area contributed by atoms with Crippen LogP contribution >= 0.6 is 22.7 Å². The minimum absolute atomic E-state index is 0.181. The van der Waals surface area contributed by atoms with Gasteiger partial charge in [-0.1, -0.05) is 0 Å². The van der Waals surface area contributed by atoms with E-state index >= 15 is 0 Å². The van der Waals surface area contributed by atoms with Crippen LogP contribution in [0.4, 0.5) is 5.00 Å². The third-order valence-corrected chi connectivity index (χ3v) is 7.41. The van der Waals surface area contributed by atoms with Crippen molar-refractivity contribution < 1.29 is 14.3 Å². The number of rotatable bonds is 3. The SMILES string of the molecule is COC(=O)c1c(NC(=O)c2sc3ncn(C)c(=O)c3c2C)sc2c1CCCC2. The van der Waals surface area contributed by atoms with Crippen molar-refractivity contribution in [1.29, 1.82) is 0 Å². The molecule has 1 aliphatic rings. The number of esters is 1. The molecule has 28 heavy (non-hydrogen) atoms. The zero-order valence-corrected chi connectivity index (χ0v) is 17.4. The molecule has 0 bridgehead atoms. The van der Waals surface area contributed by atoms with Crippen LogP contribution in [-0.2, 0) is 24.6 Å². The summed E-state index contributed by atoms with van der Waals surface area (Å²) in [7, 11) is 2.98. The summed E-state index contributed by atoms with van der Waals surface area (Å²) in [6.45, 7) is 1.75. The van der Waals surface area contributed by atoms with Crippen LogP contribution in [0, 0.1) is 6.92 Å². The summed E-state index contributed by atoms with van der Waals surface area (Å²) in [6.07, 6.45) is 5.26. The van der Waals surface area contributed by atoms with Gasteiger partial charge < -0.3 is 14.6 Å². The van der Waals surface area contributed by atoms with Crippen LogP contribution in [0.15, 0.2) is 11.1 Å². The molecule has 7 nitrogen and oxygen atoms in total. The molecule has 0 aliphatic heterocycles. The predicted molar refractivity (Wildman–Crippen MR) is 110 cm³/mol. The Labute approximate surface area is 169 Å². The average Bonchev–Trinajstić information content (AvgIpc) is 3.22. The molecule has 3 aromatic heterocycles. The number of carbonyl (C=O) groups is 2. The van der Waals surface area contributed by atoms with Crippen molar-refractivity contribution in [3.05, 3.63) is 43.1 Å². The molecule has 146 valence electrons. The highest BCUT2D eigenvalue weighted by Gasteiger charge is 2.28. The molecular formula is C19H19N3O4S2. The Morgan fingerprint density at radius 3 is 2.75 bits per heavy atom. The van der Waals surface area contributed by atoms with Crippen LogP contribution in [0.3, 0.4) is 0 Å². The first kappa shape index (κ1) is 18.8. The van der Waals surface area contributed by atoms with Gasteiger partial charge in [0.2, 0.25) is 0 Å². The number of methoxy groups -OCH3 is 1. The lowest BCUT2D eigenvalue weighted by atomic mass is 9.95. The highest BCUT2D eigenvalue weighted by atomic mass is 32.1. The van der Waals surface area contributed by atoms with E-state index in [2.05, 4.69) is 10.3 Å². The van der Waals surface area contributed by atoms with E-state index in [1.807, 2.05) is 0 Å². The minimum atomic E-state index is -0.432. The number of aromatic nitrogens is 2. The number of amides is 1. The van der Waals surface area contributed by atoms with Crippen LogP contribution in [0.25, 0.3) is 10.2 Å². The fraction of sp³-hybridized carbons (Fsp3) is 0.368. The van der Waals surface area contributed by atoms with Gasteiger partial charge in [0.25, 0.3) is 11.5 Å². The van der Waals surface area contributed by atoms with Gasteiger partial charge in [-0.15, -0.1) is 22.7 Å². The summed E-state index contributed by atoms with van der Waals surface area (Å²) < 4.78 is 6.35. The number of nitrogens with one attached hydrogen (secondary N) is 1. The third-order valence-electron chi connectivity index (χ3n) is 5.00. The van der Waals surface area contributed by atoms with Gasteiger partial charge in [0.15, 0.2) is 0 Å². The maximum atomic E-state index is 13.0. The molecule has 9 heteroatoms. The minimum Gasteiger partial charge on any atom is -0.465 e. The van der Waals surface area contributed by atoms with Crippen molar-refractivity contribution in [3.8, 4) is 0 Å². The maximum Gasteiger partial charge on any atom is 0.341 e. The van der Waals surface area contributed by atoms with Gasteiger partial charge in [0, 0.05) is 11.9 Å². The largest absolute Gasteiger partial charge is 0.465 e. The number of anilines is 1. The van der Waals surface area contributed by atoms with E-state index in [0.717, 1.165) is 36.1 Å². The lowest BCUT2D eigenvalue weighted by molar-refractivity contribution is 0.0601. The van der Waals surface area contributed by atoms with Crippen LogP contribution in [0.5, 0.6) is 0 Å². The van der Waals surface area contributed by atoms with Gasteiger partial charge >= 0.3 is 5.97 Å². The Hall–Kier alpha value is -2.52. The van der Waals surface area contributed by atoms with E-state index < -0.39 is 5.97 Å². The molecule has 0 saturated heterocycles. The van der Waals surface area contributed by atoms with Crippen LogP contribution in [-0.4, -0.2) is 28.5 Å². The van der Waals surface area contributed by atoms with E-state index in [1.165, 1.54) is 40.7 Å². The van der Waals surface area contributed by atoms with Crippen LogP contribution < -0.4 is 10.9 Å². The molecule has 0 atom stereocenters. The second-order valence-corrected chi connectivity index (χ2v) is 8.86. The molecule has 3 aromatic rings. The number of thiophene rings is 2. The number of ether oxygens (including phenoxy) is 1. The number of aryl methyl sites for hydroxylation is 3. The molecule has 0 unspecified atom stereocenters. The topological polar surface area (TPSA) is 90.3 Å². The summed E-state index contributed by atoms with van der Waals surface area (Å²) in [6, 6.07) is 0. The molecule has 1 aliphatic carbocycles. The maximum absolute atomic E-state index is 13.0. The van der Waals surface area contributed by atoms with E-state index in [0.29, 0.717) is 31.2 Å². The summed E-state index contributed by atoms with van der Waals surface area (Å²) in [4.78, 5) is 44.1. The van der Waals surface area contributed by atoms with Gasteiger partial charge in [0.1, 0.15) is 9.83 Å². The summed E-state index contributed by atoms with van der Waals surface area (Å²) in [5.41, 5.74) is 1.87. The predicted octanol–water partition coefficient (Wildman–Crippen LogP) is 3.28. The smallest absolute Gasteiger partial charge is 0.341 e. The highest BCUT2D eigenvalue weighted by Crippen LogP contribution is 2.39. The Balaban J connectivity index is 1.75. The molecule has 0 spiro atoms. The molecule has 0 aromatic carbocycles. The number of nitrogens with zero attached hydrogens (tertiary/aromatic N) is 2. The Kier molecular flexibility index (Phi) is 4.80. The number of fused-ring (bicyclic) bond motifs is 2. The molecule has 4 rings (SSSR count). The second-order valence-electron chi connectivity index (χ2n) is 6.76. The normalized spacial score (nSPS) is 13.4. The van der Waals surface area contributed by atoms with Crippen molar-refractivity contribution in [3.63, 3.8) is 0 Å². The van der Waals surface area contributed by atoms with Crippen LogP contribution in [0.1, 0.15) is 48.9 Å². The van der Waals surface area contributed by atoms with Crippen molar-refractivity contribution in [2.75, 3.05) is 12.4 Å². The van der Waals surface area contributed by atoms with Gasteiger partial charge in [-0.2, -0.15) is 0 Å². The molecule has 3 heterocycles. The summed E-state index contributed by atoms with van der Waals surface area (Å²) >= 11 is 2.62. The first-order chi connectivity index (χ1) is 13.4.